The fourth-order valence-corrected chi connectivity index (χ4v) is 6.45. The molecule has 25 heteroatoms. The highest BCUT2D eigenvalue weighted by molar-refractivity contribution is 7.90. The fourth-order valence-electron chi connectivity index (χ4n) is 5.94. The summed E-state index contributed by atoms with van der Waals surface area (Å²) in [5.74, 6) is 2.50. The van der Waals surface area contributed by atoms with E-state index in [4.69, 9.17) is 45.0 Å². The number of furan rings is 2. The van der Waals surface area contributed by atoms with E-state index in [0.717, 1.165) is 48.1 Å². The topological polar surface area (TPSA) is 323 Å². The number of nitrogens with two attached hydrogens (primary N) is 3. The summed E-state index contributed by atoms with van der Waals surface area (Å²) in [6.45, 7) is 6.73. The zero-order valence-electron chi connectivity index (χ0n) is 37.9. The lowest BCUT2D eigenvalue weighted by atomic mass is 10.1. The standard InChI is InChI=1S/C21H26N8O3.C13H22N2O2.C9H8N6O3S/c1-30-13-14-31-12-10-23-16-6-4-15(5-7-16)8-9-24-20-26-19(22)29-21(27-20)25-18(28-29)17-3-2-11-32-17;1-16-10-11-17-9-8-15-13-4-2-12(3-5-13)6-7-14;1-19(16,17)9-12-7(10)15-8(13-9)11-6(14-15)5-3-2-4-18-5/h2-7,11,23H,8-10,12-14H2,1H3,(H3,22,24,25,26,27,28);2-5,15H,6-11,14H2,1H3;2-4H,1H3,(H2,10,11,12,13,14). The summed E-state index contributed by atoms with van der Waals surface area (Å²) >= 11 is 0. The van der Waals surface area contributed by atoms with Crippen LogP contribution in [0.1, 0.15) is 11.1 Å². The van der Waals surface area contributed by atoms with Crippen molar-refractivity contribution >= 4 is 50.6 Å². The van der Waals surface area contributed by atoms with Crippen molar-refractivity contribution in [2.24, 2.45) is 5.73 Å². The Morgan fingerprint density at radius 3 is 1.56 bits per heavy atom. The van der Waals surface area contributed by atoms with Crippen LogP contribution >= 0.6 is 0 Å². The van der Waals surface area contributed by atoms with E-state index < -0.39 is 15.0 Å². The Bertz CT molecular complexity index is 2820. The van der Waals surface area contributed by atoms with Crippen LogP contribution in [0.2, 0.25) is 0 Å². The maximum absolute atomic E-state index is 11.4. The molecule has 2 aromatic carbocycles. The molecule has 0 amide bonds. The molecule has 0 radical (unpaired) electrons. The van der Waals surface area contributed by atoms with Crippen LogP contribution in [0.4, 0.5) is 29.2 Å². The van der Waals surface area contributed by atoms with E-state index in [-0.39, 0.29) is 23.5 Å². The number of methoxy groups -OCH3 is 2. The lowest BCUT2D eigenvalue weighted by Crippen LogP contribution is -2.12. The van der Waals surface area contributed by atoms with Gasteiger partial charge in [0.05, 0.1) is 52.2 Å². The second-order valence-corrected chi connectivity index (χ2v) is 16.4. The number of fused-ring (bicyclic) bond motifs is 2. The molecule has 6 aromatic heterocycles. The van der Waals surface area contributed by atoms with E-state index >= 15 is 0 Å². The number of aromatic nitrogens is 10. The zero-order valence-corrected chi connectivity index (χ0v) is 38.8. The van der Waals surface area contributed by atoms with Gasteiger partial charge in [-0.2, -0.15) is 38.9 Å². The first-order chi connectivity index (χ1) is 33.0. The van der Waals surface area contributed by atoms with Gasteiger partial charge in [0, 0.05) is 51.5 Å². The molecule has 0 bridgehead atoms. The van der Waals surface area contributed by atoms with Gasteiger partial charge in [-0.1, -0.05) is 24.3 Å². The predicted octanol–water partition coefficient (Wildman–Crippen LogP) is 3.12. The zero-order chi connectivity index (χ0) is 48.1. The number of anilines is 5. The Kier molecular flexibility index (Phi) is 18.9. The molecule has 0 atom stereocenters. The predicted molar refractivity (Wildman–Crippen MR) is 255 cm³/mol. The maximum atomic E-state index is 11.4. The lowest BCUT2D eigenvalue weighted by Gasteiger charge is -2.09. The molecule has 24 nitrogen and oxygen atoms in total. The number of nitrogens with zero attached hydrogens (tertiary/aromatic N) is 10. The van der Waals surface area contributed by atoms with Crippen LogP contribution < -0.4 is 33.2 Å². The summed E-state index contributed by atoms with van der Waals surface area (Å²) in [6, 6.07) is 23.5. The minimum absolute atomic E-state index is 0.0410. The summed E-state index contributed by atoms with van der Waals surface area (Å²) in [5, 5.41) is 17.8. The summed E-state index contributed by atoms with van der Waals surface area (Å²) in [4.78, 5) is 24.5. The molecule has 0 aliphatic carbocycles. The van der Waals surface area contributed by atoms with Gasteiger partial charge in [-0.3, -0.25) is 0 Å². The molecule has 8 rings (SSSR count). The summed E-state index contributed by atoms with van der Waals surface area (Å²) < 4.78 is 56.4. The Morgan fingerprint density at radius 1 is 0.588 bits per heavy atom. The van der Waals surface area contributed by atoms with Crippen molar-refractivity contribution in [2.45, 2.75) is 18.0 Å². The minimum atomic E-state index is -3.57. The maximum Gasteiger partial charge on any atom is 0.259 e. The van der Waals surface area contributed by atoms with Gasteiger partial charge in [0.15, 0.2) is 11.5 Å². The van der Waals surface area contributed by atoms with Gasteiger partial charge in [-0.25, -0.2) is 8.42 Å². The smallest absolute Gasteiger partial charge is 0.259 e. The van der Waals surface area contributed by atoms with E-state index in [1.807, 2.05) is 0 Å². The van der Waals surface area contributed by atoms with E-state index in [2.05, 4.69) is 105 Å². The molecule has 0 unspecified atom stereocenters. The van der Waals surface area contributed by atoms with Gasteiger partial charge in [0.25, 0.3) is 16.7 Å². The van der Waals surface area contributed by atoms with Crippen LogP contribution in [-0.4, -0.2) is 144 Å². The molecule has 9 N–H and O–H groups in total. The van der Waals surface area contributed by atoms with E-state index in [9.17, 15) is 8.42 Å². The molecule has 6 heterocycles. The van der Waals surface area contributed by atoms with Gasteiger partial charge < -0.3 is 60.9 Å². The van der Waals surface area contributed by atoms with Crippen LogP contribution in [0.15, 0.2) is 99.3 Å². The average molecular weight is 957 g/mol. The molecular weight excluding hydrogens is 901 g/mol. The van der Waals surface area contributed by atoms with Crippen molar-refractivity contribution in [3.8, 4) is 23.2 Å². The Hall–Kier alpha value is -7.29. The molecule has 8 aromatic rings. The molecule has 0 fully saturated rings. The minimum Gasteiger partial charge on any atom is -0.461 e. The summed E-state index contributed by atoms with van der Waals surface area (Å²) in [6.07, 6.45) is 5.75. The van der Waals surface area contributed by atoms with Gasteiger partial charge in [-0.05, 0) is 79.0 Å². The van der Waals surface area contributed by atoms with Crippen LogP contribution in [0, 0.1) is 0 Å². The molecule has 0 aliphatic rings. The highest BCUT2D eigenvalue weighted by atomic mass is 32.2. The highest BCUT2D eigenvalue weighted by Crippen LogP contribution is 2.19. The number of nitrogen functional groups attached to an aromatic ring is 2. The number of hydrogen-bond acceptors (Lipinski definition) is 22. The van der Waals surface area contributed by atoms with Gasteiger partial charge in [0.2, 0.25) is 39.3 Å². The normalized spacial score (nSPS) is 11.2. The van der Waals surface area contributed by atoms with E-state index in [1.165, 1.54) is 21.9 Å². The van der Waals surface area contributed by atoms with Crippen molar-refractivity contribution in [2.75, 3.05) is 114 Å². The number of benzene rings is 2. The largest absolute Gasteiger partial charge is 0.461 e. The Balaban J connectivity index is 0.000000181. The monoisotopic (exact) mass is 956 g/mol. The fraction of sp³-hybridized carbons (Fsp3) is 0.349. The quantitative estimate of drug-likeness (QED) is 0.0502. The van der Waals surface area contributed by atoms with Crippen LogP contribution in [0.5, 0.6) is 0 Å². The third-order valence-corrected chi connectivity index (χ3v) is 10.2. The first kappa shape index (κ1) is 50.1. The first-order valence-corrected chi connectivity index (χ1v) is 23.2. The third kappa shape index (κ3) is 15.1. The van der Waals surface area contributed by atoms with Crippen molar-refractivity contribution in [3.05, 3.63) is 96.4 Å². The molecule has 362 valence electrons. The summed E-state index contributed by atoms with van der Waals surface area (Å²) in [7, 11) is -0.235. The first-order valence-electron chi connectivity index (χ1n) is 21.4. The van der Waals surface area contributed by atoms with Crippen molar-refractivity contribution in [3.63, 3.8) is 0 Å². The molecule has 0 aliphatic heterocycles. The van der Waals surface area contributed by atoms with Crippen molar-refractivity contribution in [1.82, 2.24) is 49.1 Å². The van der Waals surface area contributed by atoms with Crippen LogP contribution in [0.3, 0.4) is 0 Å². The number of nitrogens with one attached hydrogen (secondary N) is 3. The van der Waals surface area contributed by atoms with E-state index in [0.29, 0.717) is 81.8 Å². The number of ether oxygens (including phenoxy) is 4. The van der Waals surface area contributed by atoms with E-state index in [1.54, 1.807) is 44.7 Å². The molecular formula is C43H56N16O8S. The van der Waals surface area contributed by atoms with Crippen molar-refractivity contribution in [1.29, 1.82) is 0 Å². The Morgan fingerprint density at radius 2 is 1.09 bits per heavy atom. The number of hydrogen-bond donors (Lipinski definition) is 6. The van der Waals surface area contributed by atoms with Gasteiger partial charge >= 0.3 is 0 Å². The number of rotatable bonds is 23. The van der Waals surface area contributed by atoms with Crippen LogP contribution in [0.25, 0.3) is 34.7 Å². The Labute approximate surface area is 391 Å². The second-order valence-electron chi connectivity index (χ2n) is 14.5. The second kappa shape index (κ2) is 25.6. The SMILES string of the molecule is COCCOCCNc1ccc(CCN)cc1.COCCOCCNc1ccc(CCNc2nc(N)n3nc(-c4ccco4)nc3n2)cc1.CS(=O)(=O)c1nc(N)n2nc(-c3ccco3)nc2n1. The van der Waals surface area contributed by atoms with Gasteiger partial charge in [-0.15, -0.1) is 10.2 Å². The molecule has 68 heavy (non-hydrogen) atoms. The highest BCUT2D eigenvalue weighted by Gasteiger charge is 2.19. The molecule has 0 spiro atoms. The molecule has 0 saturated carbocycles. The average Bonchev–Trinajstić information content (AvgIpc) is 4.18. The third-order valence-electron chi connectivity index (χ3n) is 9.31. The number of sulfone groups is 1. The van der Waals surface area contributed by atoms with Crippen molar-refractivity contribution < 1.29 is 36.2 Å². The van der Waals surface area contributed by atoms with Crippen LogP contribution in [-0.2, 0) is 41.6 Å². The summed E-state index contributed by atoms with van der Waals surface area (Å²) in [5.41, 5.74) is 21.8. The molecule has 0 saturated heterocycles. The lowest BCUT2D eigenvalue weighted by molar-refractivity contribution is 0.0759. The van der Waals surface area contributed by atoms with Gasteiger partial charge in [0.1, 0.15) is 0 Å².